The van der Waals surface area contributed by atoms with Crippen LogP contribution in [0.25, 0.3) is 0 Å². The molecule has 0 spiro atoms. The third kappa shape index (κ3) is 3.19. The zero-order valence-corrected chi connectivity index (χ0v) is 11.0. The maximum absolute atomic E-state index is 12.2. The molecule has 0 aromatic rings. The molecule has 16 heavy (non-hydrogen) atoms. The summed E-state index contributed by atoms with van der Waals surface area (Å²) in [4.78, 5) is 16.6. The summed E-state index contributed by atoms with van der Waals surface area (Å²) in [7, 11) is 0. The number of hydrogen-bond acceptors (Lipinski definition) is 3. The van der Waals surface area contributed by atoms with Gasteiger partial charge in [-0.15, -0.1) is 0 Å². The number of carbonyl (C=O) groups excluding carboxylic acids is 1. The fraction of sp³-hybridized carbons (Fsp3) is 0.917. The third-order valence-corrected chi connectivity index (χ3v) is 3.26. The van der Waals surface area contributed by atoms with Crippen molar-refractivity contribution in [1.29, 1.82) is 0 Å². The fourth-order valence-corrected chi connectivity index (χ4v) is 2.18. The zero-order valence-electron chi connectivity index (χ0n) is 11.0. The Labute approximate surface area is 99.0 Å². The first-order chi connectivity index (χ1) is 7.51. The number of hydrogen-bond donors (Lipinski definition) is 1. The van der Waals surface area contributed by atoms with E-state index in [1.54, 1.807) is 0 Å². The molecule has 0 unspecified atom stereocenters. The Morgan fingerprint density at radius 2 is 1.75 bits per heavy atom. The molecule has 0 saturated carbocycles. The molecule has 0 radical (unpaired) electrons. The van der Waals surface area contributed by atoms with Crippen LogP contribution in [0.3, 0.4) is 0 Å². The molecule has 1 aliphatic heterocycles. The van der Waals surface area contributed by atoms with Crippen LogP contribution in [0.1, 0.15) is 27.7 Å². The fourth-order valence-electron chi connectivity index (χ4n) is 2.18. The minimum absolute atomic E-state index is 0.227. The minimum atomic E-state index is -0.427. The molecule has 4 nitrogen and oxygen atoms in total. The van der Waals surface area contributed by atoms with E-state index in [0.717, 1.165) is 39.3 Å². The van der Waals surface area contributed by atoms with Gasteiger partial charge in [0, 0.05) is 26.2 Å². The van der Waals surface area contributed by atoms with Crippen LogP contribution in [0.4, 0.5) is 0 Å². The summed E-state index contributed by atoms with van der Waals surface area (Å²) in [5.74, 6) is 0.227. The highest BCUT2D eigenvalue weighted by molar-refractivity contribution is 5.85. The molecule has 1 rings (SSSR count). The SMILES string of the molecule is CCNC(C)(C)C(=O)N1CCN(CC)CC1. The molecule has 1 aliphatic rings. The van der Waals surface area contributed by atoms with Gasteiger partial charge in [0.1, 0.15) is 0 Å². The van der Waals surface area contributed by atoms with Crippen LogP contribution in [0.2, 0.25) is 0 Å². The summed E-state index contributed by atoms with van der Waals surface area (Å²) >= 11 is 0. The van der Waals surface area contributed by atoms with E-state index in [9.17, 15) is 4.79 Å². The second kappa shape index (κ2) is 5.64. The van der Waals surface area contributed by atoms with Gasteiger partial charge in [-0.2, -0.15) is 0 Å². The average Bonchev–Trinajstić information content (AvgIpc) is 2.28. The molecular weight excluding hydrogens is 202 g/mol. The van der Waals surface area contributed by atoms with E-state index >= 15 is 0 Å². The van der Waals surface area contributed by atoms with Crippen molar-refractivity contribution in [2.45, 2.75) is 33.2 Å². The summed E-state index contributed by atoms with van der Waals surface area (Å²) < 4.78 is 0. The van der Waals surface area contributed by atoms with Gasteiger partial charge in [0.2, 0.25) is 5.91 Å². The van der Waals surface area contributed by atoms with Gasteiger partial charge in [-0.05, 0) is 26.9 Å². The molecule has 1 N–H and O–H groups in total. The topological polar surface area (TPSA) is 35.6 Å². The van der Waals surface area contributed by atoms with Crippen molar-refractivity contribution in [2.24, 2.45) is 0 Å². The smallest absolute Gasteiger partial charge is 0.242 e. The highest BCUT2D eigenvalue weighted by atomic mass is 16.2. The highest BCUT2D eigenvalue weighted by Gasteiger charge is 2.32. The number of carbonyl (C=O) groups is 1. The van der Waals surface area contributed by atoms with Crippen molar-refractivity contribution in [1.82, 2.24) is 15.1 Å². The number of amides is 1. The molecule has 0 bridgehead atoms. The number of nitrogens with one attached hydrogen (secondary N) is 1. The van der Waals surface area contributed by atoms with E-state index in [1.165, 1.54) is 0 Å². The van der Waals surface area contributed by atoms with Gasteiger partial charge in [0.15, 0.2) is 0 Å². The van der Waals surface area contributed by atoms with Gasteiger partial charge in [-0.3, -0.25) is 4.79 Å². The summed E-state index contributed by atoms with van der Waals surface area (Å²) in [5.41, 5.74) is -0.427. The Bertz CT molecular complexity index is 232. The number of piperazine rings is 1. The predicted octanol–water partition coefficient (Wildman–Crippen LogP) is 0.539. The van der Waals surface area contributed by atoms with Crippen molar-refractivity contribution < 1.29 is 4.79 Å². The molecule has 1 fully saturated rings. The lowest BCUT2D eigenvalue weighted by atomic mass is 10.0. The van der Waals surface area contributed by atoms with Crippen molar-refractivity contribution in [3.8, 4) is 0 Å². The summed E-state index contributed by atoms with van der Waals surface area (Å²) in [5, 5.41) is 3.24. The van der Waals surface area contributed by atoms with E-state index in [4.69, 9.17) is 0 Å². The third-order valence-electron chi connectivity index (χ3n) is 3.26. The van der Waals surface area contributed by atoms with Gasteiger partial charge in [-0.25, -0.2) is 0 Å². The molecule has 4 heteroatoms. The molecular formula is C12H25N3O. The first-order valence-corrected chi connectivity index (χ1v) is 6.28. The van der Waals surface area contributed by atoms with Gasteiger partial charge >= 0.3 is 0 Å². The summed E-state index contributed by atoms with van der Waals surface area (Å²) in [6.07, 6.45) is 0. The van der Waals surface area contributed by atoms with Crippen molar-refractivity contribution in [2.75, 3.05) is 39.3 Å². The number of nitrogens with zero attached hydrogens (tertiary/aromatic N) is 2. The van der Waals surface area contributed by atoms with Gasteiger partial charge < -0.3 is 15.1 Å². The Hall–Kier alpha value is -0.610. The number of rotatable bonds is 4. The maximum atomic E-state index is 12.2. The van der Waals surface area contributed by atoms with Crippen molar-refractivity contribution >= 4 is 5.91 Å². The van der Waals surface area contributed by atoms with Crippen LogP contribution in [0, 0.1) is 0 Å². The van der Waals surface area contributed by atoms with E-state index in [-0.39, 0.29) is 5.91 Å². The highest BCUT2D eigenvalue weighted by Crippen LogP contribution is 2.10. The molecule has 1 amide bonds. The normalized spacial score (nSPS) is 18.9. The Balaban J connectivity index is 2.50. The minimum Gasteiger partial charge on any atom is -0.339 e. The van der Waals surface area contributed by atoms with Crippen LogP contribution in [-0.2, 0) is 4.79 Å². The molecule has 0 aromatic heterocycles. The second-order valence-electron chi connectivity index (χ2n) is 4.88. The lowest BCUT2D eigenvalue weighted by Gasteiger charge is -2.38. The molecule has 1 heterocycles. The van der Waals surface area contributed by atoms with Crippen molar-refractivity contribution in [3.63, 3.8) is 0 Å². The molecule has 0 aromatic carbocycles. The standard InChI is InChI=1S/C12H25N3O/c1-5-13-12(3,4)11(16)15-9-7-14(6-2)8-10-15/h13H,5-10H2,1-4H3. The van der Waals surface area contributed by atoms with Gasteiger partial charge in [-0.1, -0.05) is 13.8 Å². The zero-order chi connectivity index (χ0) is 12.2. The van der Waals surface area contributed by atoms with Crippen LogP contribution < -0.4 is 5.32 Å². The van der Waals surface area contributed by atoms with E-state index < -0.39 is 5.54 Å². The Morgan fingerprint density at radius 3 is 2.19 bits per heavy atom. The Morgan fingerprint density at radius 1 is 1.19 bits per heavy atom. The van der Waals surface area contributed by atoms with E-state index in [2.05, 4.69) is 17.1 Å². The maximum Gasteiger partial charge on any atom is 0.242 e. The predicted molar refractivity (Wildman–Crippen MR) is 66.4 cm³/mol. The second-order valence-corrected chi connectivity index (χ2v) is 4.88. The Kier molecular flexibility index (Phi) is 4.74. The number of likely N-dealkylation sites (N-methyl/N-ethyl adjacent to an activating group) is 2. The summed E-state index contributed by atoms with van der Waals surface area (Å²) in [6.45, 7) is 13.8. The van der Waals surface area contributed by atoms with Crippen molar-refractivity contribution in [3.05, 3.63) is 0 Å². The summed E-state index contributed by atoms with van der Waals surface area (Å²) in [6, 6.07) is 0. The van der Waals surface area contributed by atoms with Crippen LogP contribution in [0.15, 0.2) is 0 Å². The van der Waals surface area contributed by atoms with E-state index in [1.807, 2.05) is 25.7 Å². The monoisotopic (exact) mass is 227 g/mol. The largest absolute Gasteiger partial charge is 0.339 e. The first-order valence-electron chi connectivity index (χ1n) is 6.28. The van der Waals surface area contributed by atoms with Gasteiger partial charge in [0.25, 0.3) is 0 Å². The van der Waals surface area contributed by atoms with E-state index in [0.29, 0.717) is 0 Å². The lowest BCUT2D eigenvalue weighted by Crippen LogP contribution is -2.58. The molecule has 94 valence electrons. The molecule has 1 saturated heterocycles. The van der Waals surface area contributed by atoms with Gasteiger partial charge in [0.05, 0.1) is 5.54 Å². The van der Waals surface area contributed by atoms with Crippen LogP contribution >= 0.6 is 0 Å². The molecule has 0 atom stereocenters. The van der Waals surface area contributed by atoms with Crippen LogP contribution in [-0.4, -0.2) is 60.5 Å². The average molecular weight is 227 g/mol. The molecule has 0 aliphatic carbocycles. The quantitative estimate of drug-likeness (QED) is 0.761. The van der Waals surface area contributed by atoms with Crippen LogP contribution in [0.5, 0.6) is 0 Å². The lowest BCUT2D eigenvalue weighted by molar-refractivity contribution is -0.138. The first kappa shape index (κ1) is 13.5.